The van der Waals surface area contributed by atoms with Gasteiger partial charge < -0.3 is 14.8 Å². The van der Waals surface area contributed by atoms with E-state index < -0.39 is 18.1 Å². The first kappa shape index (κ1) is 17.3. The van der Waals surface area contributed by atoms with Gasteiger partial charge in [0.25, 0.3) is 0 Å². The van der Waals surface area contributed by atoms with Crippen molar-refractivity contribution in [2.45, 2.75) is 52.2 Å². The molecule has 1 aromatic carbocycles. The van der Waals surface area contributed by atoms with Crippen LogP contribution in [0.1, 0.15) is 45.1 Å². The van der Waals surface area contributed by atoms with Crippen molar-refractivity contribution in [3.05, 3.63) is 35.9 Å². The number of amides is 1. The second-order valence-electron chi connectivity index (χ2n) is 6.36. The first-order chi connectivity index (χ1) is 11.0. The zero-order valence-electron chi connectivity index (χ0n) is 13.8. The van der Waals surface area contributed by atoms with Gasteiger partial charge >= 0.3 is 12.1 Å². The molecule has 0 spiro atoms. The molecule has 2 rings (SSSR count). The molecule has 0 radical (unpaired) electrons. The maximum absolute atomic E-state index is 12.0. The van der Waals surface area contributed by atoms with Crippen molar-refractivity contribution in [2.75, 3.05) is 6.61 Å². The molecule has 23 heavy (non-hydrogen) atoms. The minimum Gasteiger partial charge on any atom is -0.464 e. The van der Waals surface area contributed by atoms with Gasteiger partial charge in [-0.1, -0.05) is 37.3 Å². The number of benzene rings is 1. The summed E-state index contributed by atoms with van der Waals surface area (Å²) in [5, 5.41) is 2.64. The van der Waals surface area contributed by atoms with E-state index in [2.05, 4.69) is 12.2 Å². The number of ether oxygens (including phenoxy) is 2. The third-order valence-electron chi connectivity index (χ3n) is 4.22. The number of rotatable bonds is 8. The van der Waals surface area contributed by atoms with Crippen LogP contribution in [0.15, 0.2) is 30.3 Å². The van der Waals surface area contributed by atoms with Gasteiger partial charge in [-0.05, 0) is 43.6 Å². The van der Waals surface area contributed by atoms with Crippen molar-refractivity contribution in [3.63, 3.8) is 0 Å². The highest BCUT2D eigenvalue weighted by Crippen LogP contribution is 2.49. The largest absolute Gasteiger partial charge is 0.464 e. The summed E-state index contributed by atoms with van der Waals surface area (Å²) < 4.78 is 10.2. The minimum atomic E-state index is -0.643. The molecule has 1 aliphatic rings. The van der Waals surface area contributed by atoms with Crippen molar-refractivity contribution in [2.24, 2.45) is 5.41 Å². The molecule has 1 N–H and O–H groups in total. The van der Waals surface area contributed by atoms with Crippen molar-refractivity contribution in [1.29, 1.82) is 0 Å². The van der Waals surface area contributed by atoms with Gasteiger partial charge in [-0.25, -0.2) is 9.59 Å². The fraction of sp³-hybridized carbons (Fsp3) is 0.556. The van der Waals surface area contributed by atoms with Crippen molar-refractivity contribution in [1.82, 2.24) is 5.32 Å². The van der Waals surface area contributed by atoms with Gasteiger partial charge in [0.15, 0.2) is 0 Å². The monoisotopic (exact) mass is 319 g/mol. The second kappa shape index (κ2) is 7.99. The summed E-state index contributed by atoms with van der Waals surface area (Å²) in [5.41, 5.74) is 1.22. The summed E-state index contributed by atoms with van der Waals surface area (Å²) in [7, 11) is 0. The SMILES string of the molecule is CCOC(=O)[C@H](CCC1(C)CC1)NC(=O)OCc1ccccc1. The Bertz CT molecular complexity index is 525. The predicted molar refractivity (Wildman–Crippen MR) is 86.8 cm³/mol. The molecule has 0 unspecified atom stereocenters. The smallest absolute Gasteiger partial charge is 0.408 e. The van der Waals surface area contributed by atoms with Gasteiger partial charge in [0.05, 0.1) is 6.61 Å². The maximum Gasteiger partial charge on any atom is 0.408 e. The molecule has 1 aliphatic carbocycles. The van der Waals surface area contributed by atoms with Crippen LogP contribution < -0.4 is 5.32 Å². The molecule has 1 aromatic rings. The van der Waals surface area contributed by atoms with E-state index in [0.29, 0.717) is 18.4 Å². The summed E-state index contributed by atoms with van der Waals surface area (Å²) in [6.07, 6.45) is 3.25. The molecule has 126 valence electrons. The van der Waals surface area contributed by atoms with Crippen LogP contribution in [0.25, 0.3) is 0 Å². The Morgan fingerprint density at radius 3 is 2.52 bits per heavy atom. The number of esters is 1. The molecule has 1 saturated carbocycles. The average molecular weight is 319 g/mol. The van der Waals surface area contributed by atoms with Crippen LogP contribution >= 0.6 is 0 Å². The molecule has 0 aromatic heterocycles. The quantitative estimate of drug-likeness (QED) is 0.746. The van der Waals surface area contributed by atoms with Gasteiger partial charge in [-0.2, -0.15) is 0 Å². The van der Waals surface area contributed by atoms with E-state index in [-0.39, 0.29) is 6.61 Å². The van der Waals surface area contributed by atoms with Gasteiger partial charge in [-0.3, -0.25) is 0 Å². The Kier molecular flexibility index (Phi) is 6.02. The van der Waals surface area contributed by atoms with Crippen molar-refractivity contribution in [3.8, 4) is 0 Å². The molecule has 0 heterocycles. The molecular formula is C18H25NO4. The lowest BCUT2D eigenvalue weighted by atomic mass is 9.99. The third kappa shape index (κ3) is 5.93. The molecular weight excluding hydrogens is 294 g/mol. The topological polar surface area (TPSA) is 64.6 Å². The van der Waals surface area contributed by atoms with E-state index in [1.54, 1.807) is 6.92 Å². The van der Waals surface area contributed by atoms with Gasteiger partial charge in [0, 0.05) is 0 Å². The molecule has 1 atom stereocenters. The first-order valence-corrected chi connectivity index (χ1v) is 8.16. The van der Waals surface area contributed by atoms with Gasteiger partial charge in [0.1, 0.15) is 12.6 Å². The van der Waals surface area contributed by atoms with Crippen LogP contribution in [0.4, 0.5) is 4.79 Å². The first-order valence-electron chi connectivity index (χ1n) is 8.16. The highest BCUT2D eigenvalue weighted by molar-refractivity contribution is 5.81. The zero-order chi connectivity index (χ0) is 16.7. The summed E-state index contributed by atoms with van der Waals surface area (Å²) in [5.74, 6) is -0.395. The van der Waals surface area contributed by atoms with E-state index in [1.807, 2.05) is 30.3 Å². The Labute approximate surface area is 137 Å². The Balaban J connectivity index is 1.82. The summed E-state index contributed by atoms with van der Waals surface area (Å²) >= 11 is 0. The summed E-state index contributed by atoms with van der Waals surface area (Å²) in [4.78, 5) is 23.9. The van der Waals surface area contributed by atoms with Crippen molar-refractivity contribution < 1.29 is 19.1 Å². The van der Waals surface area contributed by atoms with Crippen LogP contribution in [0.3, 0.4) is 0 Å². The lowest BCUT2D eigenvalue weighted by molar-refractivity contribution is -0.145. The number of carbonyl (C=O) groups is 2. The number of alkyl carbamates (subject to hydrolysis) is 1. The summed E-state index contributed by atoms with van der Waals surface area (Å²) in [6, 6.07) is 8.78. The van der Waals surface area contributed by atoms with Gasteiger partial charge in [-0.15, -0.1) is 0 Å². The fourth-order valence-corrected chi connectivity index (χ4v) is 2.36. The number of hydrogen-bond acceptors (Lipinski definition) is 4. The molecule has 5 nitrogen and oxygen atoms in total. The number of nitrogens with one attached hydrogen (secondary N) is 1. The fourth-order valence-electron chi connectivity index (χ4n) is 2.36. The lowest BCUT2D eigenvalue weighted by Gasteiger charge is -2.18. The molecule has 0 bridgehead atoms. The Morgan fingerprint density at radius 2 is 1.91 bits per heavy atom. The third-order valence-corrected chi connectivity index (χ3v) is 4.22. The molecule has 1 amide bonds. The van der Waals surface area contributed by atoms with Crippen LogP contribution in [0.2, 0.25) is 0 Å². The predicted octanol–water partition coefficient (Wildman–Crippen LogP) is 3.42. The Hall–Kier alpha value is -2.04. The van der Waals surface area contributed by atoms with Crippen LogP contribution in [0, 0.1) is 5.41 Å². The van der Waals surface area contributed by atoms with Gasteiger partial charge in [0.2, 0.25) is 0 Å². The van der Waals surface area contributed by atoms with Crippen LogP contribution in [-0.2, 0) is 20.9 Å². The van der Waals surface area contributed by atoms with Crippen LogP contribution in [-0.4, -0.2) is 24.7 Å². The van der Waals surface area contributed by atoms with E-state index in [9.17, 15) is 9.59 Å². The zero-order valence-corrected chi connectivity index (χ0v) is 13.8. The standard InChI is InChI=1S/C18H25NO4/c1-3-22-16(20)15(9-10-18(2)11-12-18)19-17(21)23-13-14-7-5-4-6-8-14/h4-8,15H,3,9-13H2,1-2H3,(H,19,21)/t15-/m0/s1. The van der Waals surface area contributed by atoms with E-state index in [4.69, 9.17) is 9.47 Å². The highest BCUT2D eigenvalue weighted by atomic mass is 16.6. The molecule has 5 heteroatoms. The summed E-state index contributed by atoms with van der Waals surface area (Å²) in [6.45, 7) is 4.43. The number of carbonyl (C=O) groups excluding carboxylic acids is 2. The normalized spacial score (nSPS) is 16.3. The highest BCUT2D eigenvalue weighted by Gasteiger charge is 2.38. The van der Waals surface area contributed by atoms with Crippen molar-refractivity contribution >= 4 is 12.1 Å². The minimum absolute atomic E-state index is 0.180. The van der Waals surface area contributed by atoms with Crippen LogP contribution in [0.5, 0.6) is 0 Å². The second-order valence-corrected chi connectivity index (χ2v) is 6.36. The van der Waals surface area contributed by atoms with E-state index >= 15 is 0 Å². The number of hydrogen-bond donors (Lipinski definition) is 1. The average Bonchev–Trinajstić information content (AvgIpc) is 3.28. The lowest BCUT2D eigenvalue weighted by Crippen LogP contribution is -2.42. The molecule has 0 aliphatic heterocycles. The maximum atomic E-state index is 12.0. The Morgan fingerprint density at radius 1 is 1.22 bits per heavy atom. The van der Waals surface area contributed by atoms with E-state index in [0.717, 1.165) is 12.0 Å². The van der Waals surface area contributed by atoms with E-state index in [1.165, 1.54) is 12.8 Å². The molecule has 1 fully saturated rings. The molecule has 0 saturated heterocycles.